The van der Waals surface area contributed by atoms with E-state index in [9.17, 15) is 0 Å². The second-order valence-electron chi connectivity index (χ2n) is 4.95. The monoisotopic (exact) mass is 230 g/mol. The number of allylic oxidation sites excluding steroid dienone is 5. The highest BCUT2D eigenvalue weighted by Gasteiger charge is 2.25. The molecule has 0 heterocycles. The van der Waals surface area contributed by atoms with Gasteiger partial charge in [0.15, 0.2) is 0 Å². The summed E-state index contributed by atoms with van der Waals surface area (Å²) in [7, 11) is 0. The largest absolute Gasteiger partial charge is 0.106 e. The second-order valence-corrected chi connectivity index (χ2v) is 4.95. The molecule has 3 aliphatic rings. The lowest BCUT2D eigenvalue weighted by Crippen LogP contribution is -1.86. The van der Waals surface area contributed by atoms with Crippen molar-refractivity contribution in [1.29, 1.82) is 0 Å². The third kappa shape index (κ3) is 4.77. The van der Waals surface area contributed by atoms with Crippen molar-refractivity contribution in [3.63, 3.8) is 0 Å². The summed E-state index contributed by atoms with van der Waals surface area (Å²) in [5.74, 6) is 1.98. The van der Waals surface area contributed by atoms with E-state index in [2.05, 4.69) is 38.0 Å². The van der Waals surface area contributed by atoms with E-state index in [-0.39, 0.29) is 0 Å². The van der Waals surface area contributed by atoms with E-state index in [0.717, 1.165) is 11.8 Å². The molecule has 0 aromatic heterocycles. The van der Waals surface area contributed by atoms with Gasteiger partial charge in [0.2, 0.25) is 0 Å². The van der Waals surface area contributed by atoms with Gasteiger partial charge >= 0.3 is 0 Å². The minimum Gasteiger partial charge on any atom is -0.106 e. The summed E-state index contributed by atoms with van der Waals surface area (Å²) in [6, 6.07) is 0. The van der Waals surface area contributed by atoms with Gasteiger partial charge in [-0.25, -0.2) is 0 Å². The lowest BCUT2D eigenvalue weighted by atomic mass is 10.0. The van der Waals surface area contributed by atoms with E-state index in [1.807, 2.05) is 6.08 Å². The SMILES string of the molecule is C1=CC2CCC1C2.C=C.C=CC1=CCCCC1. The molecule has 94 valence electrons. The maximum absolute atomic E-state index is 3.72. The highest BCUT2D eigenvalue weighted by Crippen LogP contribution is 2.38. The van der Waals surface area contributed by atoms with Crippen molar-refractivity contribution in [2.75, 3.05) is 0 Å². The van der Waals surface area contributed by atoms with Gasteiger partial charge in [0.25, 0.3) is 0 Å². The predicted molar refractivity (Wildman–Crippen MR) is 78.0 cm³/mol. The average Bonchev–Trinajstić information content (AvgIpc) is 3.08. The first-order valence-corrected chi connectivity index (χ1v) is 6.88. The van der Waals surface area contributed by atoms with Gasteiger partial charge in [-0.3, -0.25) is 0 Å². The molecule has 0 aromatic carbocycles. The Bertz CT molecular complexity index is 270. The highest BCUT2D eigenvalue weighted by atomic mass is 14.3. The molecule has 0 radical (unpaired) electrons. The van der Waals surface area contributed by atoms with Crippen LogP contribution in [0.2, 0.25) is 0 Å². The van der Waals surface area contributed by atoms with Crippen molar-refractivity contribution < 1.29 is 0 Å². The molecule has 0 aromatic rings. The fraction of sp³-hybridized carbons (Fsp3) is 0.529. The summed E-state index contributed by atoms with van der Waals surface area (Å²) in [6.07, 6.45) is 18.7. The first-order valence-electron chi connectivity index (χ1n) is 6.88. The molecule has 2 atom stereocenters. The minimum absolute atomic E-state index is 0.991. The summed E-state index contributed by atoms with van der Waals surface area (Å²) >= 11 is 0. The number of rotatable bonds is 1. The Morgan fingerprint density at radius 2 is 1.71 bits per heavy atom. The first kappa shape index (κ1) is 14.0. The molecule has 0 N–H and O–H groups in total. The zero-order valence-electron chi connectivity index (χ0n) is 11.0. The van der Waals surface area contributed by atoms with E-state index in [1.165, 1.54) is 50.5 Å². The molecule has 0 aliphatic heterocycles. The average molecular weight is 230 g/mol. The third-order valence-electron chi connectivity index (χ3n) is 3.76. The van der Waals surface area contributed by atoms with Crippen LogP contribution in [0.25, 0.3) is 0 Å². The molecule has 1 saturated carbocycles. The molecule has 0 nitrogen and oxygen atoms in total. The van der Waals surface area contributed by atoms with Crippen molar-refractivity contribution in [2.24, 2.45) is 11.8 Å². The van der Waals surface area contributed by atoms with Crippen LogP contribution < -0.4 is 0 Å². The maximum Gasteiger partial charge on any atom is -0.0228 e. The molecule has 0 saturated heterocycles. The van der Waals surface area contributed by atoms with Crippen molar-refractivity contribution >= 4 is 0 Å². The Labute approximate surface area is 107 Å². The number of hydrogen-bond acceptors (Lipinski definition) is 0. The normalized spacial score (nSPS) is 28.4. The molecule has 2 unspecified atom stereocenters. The molecule has 1 fully saturated rings. The fourth-order valence-corrected chi connectivity index (χ4v) is 2.76. The van der Waals surface area contributed by atoms with Crippen molar-refractivity contribution in [3.05, 3.63) is 49.6 Å². The van der Waals surface area contributed by atoms with Gasteiger partial charge in [-0.05, 0) is 56.8 Å². The molecule has 17 heavy (non-hydrogen) atoms. The van der Waals surface area contributed by atoms with Gasteiger partial charge in [-0.15, -0.1) is 13.2 Å². The van der Waals surface area contributed by atoms with Crippen LogP contribution in [0, 0.1) is 11.8 Å². The molecule has 0 heteroatoms. The Balaban J connectivity index is 0.000000149. The lowest BCUT2D eigenvalue weighted by molar-refractivity contribution is 0.691. The van der Waals surface area contributed by atoms with Crippen molar-refractivity contribution in [2.45, 2.75) is 44.9 Å². The highest BCUT2D eigenvalue weighted by molar-refractivity contribution is 5.17. The topological polar surface area (TPSA) is 0 Å². The fourth-order valence-electron chi connectivity index (χ4n) is 2.76. The summed E-state index contributed by atoms with van der Waals surface area (Å²) in [5, 5.41) is 0. The predicted octanol–water partition coefficient (Wildman–Crippen LogP) is 5.45. The zero-order chi connectivity index (χ0) is 12.5. The molecule has 2 bridgehead atoms. The maximum atomic E-state index is 3.72. The van der Waals surface area contributed by atoms with E-state index in [0.29, 0.717) is 0 Å². The van der Waals surface area contributed by atoms with E-state index < -0.39 is 0 Å². The zero-order valence-corrected chi connectivity index (χ0v) is 11.0. The first-order chi connectivity index (χ1) is 8.38. The van der Waals surface area contributed by atoms with Crippen molar-refractivity contribution in [1.82, 2.24) is 0 Å². The van der Waals surface area contributed by atoms with Gasteiger partial charge in [0.05, 0.1) is 0 Å². The van der Waals surface area contributed by atoms with Crippen molar-refractivity contribution in [3.8, 4) is 0 Å². The van der Waals surface area contributed by atoms with Crippen LogP contribution >= 0.6 is 0 Å². The van der Waals surface area contributed by atoms with Crippen LogP contribution in [0.3, 0.4) is 0 Å². The Kier molecular flexibility index (Phi) is 6.69. The van der Waals surface area contributed by atoms with Gasteiger partial charge < -0.3 is 0 Å². The van der Waals surface area contributed by atoms with Crippen LogP contribution in [-0.2, 0) is 0 Å². The molecule has 3 rings (SSSR count). The minimum atomic E-state index is 0.991. The molecular formula is C17H26. The Morgan fingerprint density at radius 3 is 1.94 bits per heavy atom. The van der Waals surface area contributed by atoms with Crippen LogP contribution in [0.1, 0.15) is 44.9 Å². The molecule has 0 amide bonds. The third-order valence-corrected chi connectivity index (χ3v) is 3.76. The standard InChI is InChI=1S/C8H12.C7H10.C2H4/c1-2-8-6-4-3-5-7-8;1-2-7-4-3-6(1)5-7;1-2/h2,6H,1,3-5,7H2;1-2,6-7H,3-5H2;1-2H2. The van der Waals surface area contributed by atoms with Crippen LogP contribution in [-0.4, -0.2) is 0 Å². The van der Waals surface area contributed by atoms with Crippen LogP contribution in [0.15, 0.2) is 49.6 Å². The number of hydrogen-bond donors (Lipinski definition) is 0. The molecule has 0 spiro atoms. The summed E-state index contributed by atoms with van der Waals surface area (Å²) in [4.78, 5) is 0. The van der Waals surface area contributed by atoms with Gasteiger partial charge in [0, 0.05) is 0 Å². The summed E-state index contributed by atoms with van der Waals surface area (Å²) in [6.45, 7) is 9.72. The van der Waals surface area contributed by atoms with Gasteiger partial charge in [0.1, 0.15) is 0 Å². The van der Waals surface area contributed by atoms with Gasteiger partial charge in [-0.1, -0.05) is 36.5 Å². The Hall–Kier alpha value is -1.04. The van der Waals surface area contributed by atoms with Gasteiger partial charge in [-0.2, -0.15) is 0 Å². The number of fused-ring (bicyclic) bond motifs is 2. The van der Waals surface area contributed by atoms with E-state index in [1.54, 1.807) is 0 Å². The smallest absolute Gasteiger partial charge is 0.0228 e. The van der Waals surface area contributed by atoms with Crippen LogP contribution in [0.4, 0.5) is 0 Å². The quantitative estimate of drug-likeness (QED) is 0.526. The second kappa shape index (κ2) is 8.11. The van der Waals surface area contributed by atoms with E-state index in [4.69, 9.17) is 0 Å². The summed E-state index contributed by atoms with van der Waals surface area (Å²) in [5.41, 5.74) is 1.44. The van der Waals surface area contributed by atoms with E-state index >= 15 is 0 Å². The molecular weight excluding hydrogens is 204 g/mol. The van der Waals surface area contributed by atoms with Crippen LogP contribution in [0.5, 0.6) is 0 Å². The molecule has 3 aliphatic carbocycles. The lowest BCUT2D eigenvalue weighted by Gasteiger charge is -2.06. The summed E-state index contributed by atoms with van der Waals surface area (Å²) < 4.78 is 0. The Morgan fingerprint density at radius 1 is 1.06 bits per heavy atom.